The van der Waals surface area contributed by atoms with E-state index in [1.54, 1.807) is 0 Å². The molecule has 2 aliphatic rings. The Labute approximate surface area is 126 Å². The maximum Gasteiger partial charge on any atom is 0.220 e. The molecule has 2 N–H and O–H groups in total. The van der Waals surface area contributed by atoms with E-state index >= 15 is 0 Å². The van der Waals surface area contributed by atoms with Crippen LogP contribution in [0.5, 0.6) is 5.75 Å². The van der Waals surface area contributed by atoms with Crippen LogP contribution in [0.3, 0.4) is 0 Å². The lowest BCUT2D eigenvalue weighted by atomic mass is 9.93. The predicted octanol–water partition coefficient (Wildman–Crippen LogP) is 1.83. The Balaban J connectivity index is 1.55. The molecule has 0 unspecified atom stereocenters. The molecule has 1 aromatic rings. The van der Waals surface area contributed by atoms with E-state index in [9.17, 15) is 4.79 Å². The summed E-state index contributed by atoms with van der Waals surface area (Å²) >= 11 is 0. The maximum atomic E-state index is 11.2. The minimum atomic E-state index is -0.133. The Morgan fingerprint density at radius 1 is 1.24 bits per heavy atom. The summed E-state index contributed by atoms with van der Waals surface area (Å²) in [7, 11) is 0. The van der Waals surface area contributed by atoms with Gasteiger partial charge in [0, 0.05) is 12.5 Å². The molecular weight excluding hydrogens is 264 g/mol. The van der Waals surface area contributed by atoms with Crippen molar-refractivity contribution in [3.63, 3.8) is 0 Å². The van der Waals surface area contributed by atoms with E-state index in [-0.39, 0.29) is 11.8 Å². The number of nitrogens with two attached hydrogens (primary N) is 1. The molecule has 0 radical (unpaired) electrons. The second kappa shape index (κ2) is 6.48. The number of carbonyl (C=O) groups excluding carboxylic acids is 1. The molecule has 0 aliphatic carbocycles. The summed E-state index contributed by atoms with van der Waals surface area (Å²) in [4.78, 5) is 13.7. The number of piperidine rings is 1. The van der Waals surface area contributed by atoms with E-state index in [2.05, 4.69) is 23.1 Å². The van der Waals surface area contributed by atoms with E-state index in [0.717, 1.165) is 57.7 Å². The fourth-order valence-electron chi connectivity index (χ4n) is 3.48. The average Bonchev–Trinajstić information content (AvgIpc) is 2.69. The SMILES string of the molecule is NC(=O)C1CCN(C[C@H]2CCOc3ccccc3C2)CC1. The first-order valence-electron chi connectivity index (χ1n) is 7.95. The van der Waals surface area contributed by atoms with Crippen molar-refractivity contribution in [2.75, 3.05) is 26.2 Å². The summed E-state index contributed by atoms with van der Waals surface area (Å²) in [6.45, 7) is 3.89. The van der Waals surface area contributed by atoms with E-state index in [4.69, 9.17) is 10.5 Å². The Kier molecular flexibility index (Phi) is 4.44. The molecule has 3 rings (SSSR count). The third-order valence-electron chi connectivity index (χ3n) is 4.77. The van der Waals surface area contributed by atoms with E-state index in [1.807, 2.05) is 6.07 Å². The molecule has 4 heteroatoms. The largest absolute Gasteiger partial charge is 0.493 e. The van der Waals surface area contributed by atoms with Crippen LogP contribution in [0, 0.1) is 11.8 Å². The van der Waals surface area contributed by atoms with Gasteiger partial charge in [0.05, 0.1) is 6.61 Å². The molecule has 4 nitrogen and oxygen atoms in total. The number of fused-ring (bicyclic) bond motifs is 1. The van der Waals surface area contributed by atoms with Gasteiger partial charge in [0.1, 0.15) is 5.75 Å². The van der Waals surface area contributed by atoms with Crippen molar-refractivity contribution in [1.29, 1.82) is 0 Å². The fourth-order valence-corrected chi connectivity index (χ4v) is 3.48. The predicted molar refractivity (Wildman–Crippen MR) is 82.1 cm³/mol. The van der Waals surface area contributed by atoms with E-state index in [0.29, 0.717) is 5.92 Å². The van der Waals surface area contributed by atoms with Crippen LogP contribution in [0.15, 0.2) is 24.3 Å². The number of primary amides is 1. The number of amides is 1. The van der Waals surface area contributed by atoms with Gasteiger partial charge in [0.2, 0.25) is 5.91 Å². The second-order valence-electron chi connectivity index (χ2n) is 6.29. The lowest BCUT2D eigenvalue weighted by molar-refractivity contribution is -0.123. The highest BCUT2D eigenvalue weighted by atomic mass is 16.5. The van der Waals surface area contributed by atoms with Gasteiger partial charge in [0.15, 0.2) is 0 Å². The van der Waals surface area contributed by atoms with Crippen molar-refractivity contribution in [1.82, 2.24) is 4.90 Å². The monoisotopic (exact) mass is 288 g/mol. The highest BCUT2D eigenvalue weighted by molar-refractivity contribution is 5.76. The first kappa shape index (κ1) is 14.4. The Morgan fingerprint density at radius 2 is 2.00 bits per heavy atom. The van der Waals surface area contributed by atoms with Gasteiger partial charge in [-0.05, 0) is 56.3 Å². The number of hydrogen-bond donors (Lipinski definition) is 1. The molecule has 2 heterocycles. The molecule has 114 valence electrons. The number of likely N-dealkylation sites (tertiary alicyclic amines) is 1. The fraction of sp³-hybridized carbons (Fsp3) is 0.588. The van der Waals surface area contributed by atoms with Gasteiger partial charge in [-0.2, -0.15) is 0 Å². The molecule has 1 aromatic carbocycles. The van der Waals surface area contributed by atoms with Crippen molar-refractivity contribution >= 4 is 5.91 Å². The third-order valence-corrected chi connectivity index (χ3v) is 4.77. The van der Waals surface area contributed by atoms with Crippen molar-refractivity contribution in [3.8, 4) is 5.75 Å². The number of para-hydroxylation sites is 1. The molecule has 0 aromatic heterocycles. The summed E-state index contributed by atoms with van der Waals surface area (Å²) in [5.41, 5.74) is 6.72. The summed E-state index contributed by atoms with van der Waals surface area (Å²) in [6.07, 6.45) is 4.01. The molecule has 1 fully saturated rings. The molecule has 0 saturated carbocycles. The molecule has 0 spiro atoms. The number of nitrogens with zero attached hydrogens (tertiary/aromatic N) is 1. The lowest BCUT2D eigenvalue weighted by Crippen LogP contribution is -2.41. The highest BCUT2D eigenvalue weighted by Gasteiger charge is 2.26. The van der Waals surface area contributed by atoms with E-state index in [1.165, 1.54) is 5.56 Å². The number of rotatable bonds is 3. The van der Waals surface area contributed by atoms with Crippen LogP contribution in [0.1, 0.15) is 24.8 Å². The summed E-state index contributed by atoms with van der Waals surface area (Å²) in [6, 6.07) is 8.36. The first-order chi connectivity index (χ1) is 10.2. The van der Waals surface area contributed by atoms with Crippen molar-refractivity contribution in [2.24, 2.45) is 17.6 Å². The molecule has 1 atom stereocenters. The standard InChI is InChI=1S/C17H24N2O2/c18-17(20)14-5-8-19(9-6-14)12-13-7-10-21-16-4-2-1-3-15(16)11-13/h1-4,13-14H,5-12H2,(H2,18,20)/t13-/m0/s1. The molecule has 2 aliphatic heterocycles. The van der Waals surface area contributed by atoms with Crippen LogP contribution in [-0.2, 0) is 11.2 Å². The van der Waals surface area contributed by atoms with E-state index < -0.39 is 0 Å². The minimum Gasteiger partial charge on any atom is -0.493 e. The van der Waals surface area contributed by atoms with Crippen LogP contribution in [-0.4, -0.2) is 37.0 Å². The normalized spacial score (nSPS) is 23.9. The van der Waals surface area contributed by atoms with Crippen LogP contribution in [0.4, 0.5) is 0 Å². The lowest BCUT2D eigenvalue weighted by Gasteiger charge is -2.32. The van der Waals surface area contributed by atoms with Crippen LogP contribution in [0.2, 0.25) is 0 Å². The smallest absolute Gasteiger partial charge is 0.220 e. The number of carbonyl (C=O) groups is 1. The zero-order valence-corrected chi connectivity index (χ0v) is 12.5. The van der Waals surface area contributed by atoms with Gasteiger partial charge in [-0.15, -0.1) is 0 Å². The highest BCUT2D eigenvalue weighted by Crippen LogP contribution is 2.28. The Bertz CT molecular complexity index is 495. The molecule has 0 bridgehead atoms. The zero-order chi connectivity index (χ0) is 14.7. The van der Waals surface area contributed by atoms with Gasteiger partial charge >= 0.3 is 0 Å². The third kappa shape index (κ3) is 3.56. The van der Waals surface area contributed by atoms with Crippen molar-refractivity contribution in [3.05, 3.63) is 29.8 Å². The first-order valence-corrected chi connectivity index (χ1v) is 7.95. The van der Waals surface area contributed by atoms with Gasteiger partial charge in [-0.3, -0.25) is 4.79 Å². The maximum absolute atomic E-state index is 11.2. The summed E-state index contributed by atoms with van der Waals surface area (Å²) in [5.74, 6) is 1.64. The van der Waals surface area contributed by atoms with Gasteiger partial charge in [-0.1, -0.05) is 18.2 Å². The van der Waals surface area contributed by atoms with Gasteiger partial charge < -0.3 is 15.4 Å². The molecule has 1 amide bonds. The second-order valence-corrected chi connectivity index (χ2v) is 6.29. The zero-order valence-electron chi connectivity index (χ0n) is 12.5. The van der Waals surface area contributed by atoms with Crippen molar-refractivity contribution < 1.29 is 9.53 Å². The number of benzene rings is 1. The van der Waals surface area contributed by atoms with Crippen LogP contribution < -0.4 is 10.5 Å². The van der Waals surface area contributed by atoms with Crippen LogP contribution >= 0.6 is 0 Å². The molecule has 21 heavy (non-hydrogen) atoms. The van der Waals surface area contributed by atoms with Gasteiger partial charge in [0.25, 0.3) is 0 Å². The van der Waals surface area contributed by atoms with Crippen molar-refractivity contribution in [2.45, 2.75) is 25.7 Å². The van der Waals surface area contributed by atoms with Gasteiger partial charge in [-0.25, -0.2) is 0 Å². The Hall–Kier alpha value is -1.55. The Morgan fingerprint density at radius 3 is 2.76 bits per heavy atom. The minimum absolute atomic E-state index is 0.0828. The molecular formula is C17H24N2O2. The topological polar surface area (TPSA) is 55.6 Å². The summed E-state index contributed by atoms with van der Waals surface area (Å²) < 4.78 is 5.84. The quantitative estimate of drug-likeness (QED) is 0.923. The molecule has 1 saturated heterocycles. The van der Waals surface area contributed by atoms with Crippen LogP contribution in [0.25, 0.3) is 0 Å². The number of ether oxygens (including phenoxy) is 1. The summed E-state index contributed by atoms with van der Waals surface area (Å²) in [5, 5.41) is 0. The average molecular weight is 288 g/mol. The number of hydrogen-bond acceptors (Lipinski definition) is 3.